The number of nitrogens with one attached hydrogen (secondary N) is 1. The molecular weight excluding hydrogens is 200 g/mol. The summed E-state index contributed by atoms with van der Waals surface area (Å²) in [7, 11) is 1.73. The summed E-state index contributed by atoms with van der Waals surface area (Å²) >= 11 is 0. The van der Waals surface area contributed by atoms with Crippen LogP contribution in [-0.2, 0) is 4.74 Å². The highest BCUT2D eigenvalue weighted by Gasteiger charge is 2.20. The minimum absolute atomic E-state index is 0.0257. The third kappa shape index (κ3) is 3.59. The van der Waals surface area contributed by atoms with Gasteiger partial charge in [0.05, 0.1) is 12.1 Å². The number of unbranched alkanes of at least 4 members (excludes halogenated alkanes) is 1. The predicted molar refractivity (Wildman–Crippen MR) is 66.8 cm³/mol. The van der Waals surface area contributed by atoms with Crippen molar-refractivity contribution in [1.29, 1.82) is 0 Å². The fourth-order valence-electron chi connectivity index (χ4n) is 1.92. The first-order valence-corrected chi connectivity index (χ1v) is 5.87. The molecule has 90 valence electrons. The summed E-state index contributed by atoms with van der Waals surface area (Å²) in [5.41, 5.74) is 4.03. The molecule has 0 spiro atoms. The maximum atomic E-state index is 5.60. The minimum Gasteiger partial charge on any atom is -0.375 e. The first kappa shape index (κ1) is 13.2. The predicted octanol–water partition coefficient (Wildman–Crippen LogP) is 2.40. The molecule has 0 bridgehead atoms. The Hall–Kier alpha value is -0.900. The van der Waals surface area contributed by atoms with Crippen molar-refractivity contribution in [3.05, 3.63) is 35.9 Å². The summed E-state index contributed by atoms with van der Waals surface area (Å²) in [5.74, 6) is 5.60. The standard InChI is InChI=1S/C13H22N2O/c1-3-4-10-12(15-14)13(16-2)11-8-6-5-7-9-11/h5-9,12-13,15H,3-4,10,14H2,1-2H3. The van der Waals surface area contributed by atoms with E-state index in [4.69, 9.17) is 10.6 Å². The summed E-state index contributed by atoms with van der Waals surface area (Å²) in [6.07, 6.45) is 3.38. The molecule has 0 aromatic heterocycles. The van der Waals surface area contributed by atoms with Gasteiger partial charge in [-0.3, -0.25) is 11.3 Å². The zero-order chi connectivity index (χ0) is 11.8. The Morgan fingerprint density at radius 2 is 2.00 bits per heavy atom. The monoisotopic (exact) mass is 222 g/mol. The van der Waals surface area contributed by atoms with Crippen LogP contribution >= 0.6 is 0 Å². The molecule has 0 fully saturated rings. The van der Waals surface area contributed by atoms with E-state index < -0.39 is 0 Å². The molecule has 3 nitrogen and oxygen atoms in total. The van der Waals surface area contributed by atoms with Gasteiger partial charge in [0.15, 0.2) is 0 Å². The topological polar surface area (TPSA) is 47.3 Å². The van der Waals surface area contributed by atoms with E-state index in [1.807, 2.05) is 18.2 Å². The van der Waals surface area contributed by atoms with Gasteiger partial charge in [0.25, 0.3) is 0 Å². The van der Waals surface area contributed by atoms with Crippen LogP contribution in [0, 0.1) is 0 Å². The van der Waals surface area contributed by atoms with Crippen LogP contribution in [0.3, 0.4) is 0 Å². The molecule has 1 rings (SSSR count). The largest absolute Gasteiger partial charge is 0.375 e. The highest BCUT2D eigenvalue weighted by molar-refractivity contribution is 5.19. The van der Waals surface area contributed by atoms with Gasteiger partial charge in [-0.2, -0.15) is 0 Å². The van der Waals surface area contributed by atoms with Gasteiger partial charge < -0.3 is 4.74 Å². The molecule has 2 atom stereocenters. The molecule has 0 radical (unpaired) electrons. The summed E-state index contributed by atoms with van der Waals surface area (Å²) in [5, 5.41) is 0. The van der Waals surface area contributed by atoms with Crippen molar-refractivity contribution in [2.24, 2.45) is 5.84 Å². The third-order valence-corrected chi connectivity index (χ3v) is 2.83. The van der Waals surface area contributed by atoms with E-state index in [-0.39, 0.29) is 12.1 Å². The lowest BCUT2D eigenvalue weighted by atomic mass is 9.98. The van der Waals surface area contributed by atoms with E-state index >= 15 is 0 Å². The number of benzene rings is 1. The molecule has 3 N–H and O–H groups in total. The van der Waals surface area contributed by atoms with Gasteiger partial charge >= 0.3 is 0 Å². The van der Waals surface area contributed by atoms with Crippen molar-refractivity contribution in [1.82, 2.24) is 5.43 Å². The second kappa shape index (κ2) is 7.39. The molecule has 0 saturated heterocycles. The Morgan fingerprint density at radius 1 is 1.31 bits per heavy atom. The van der Waals surface area contributed by atoms with Crippen molar-refractivity contribution < 1.29 is 4.74 Å². The van der Waals surface area contributed by atoms with Gasteiger partial charge in [0.1, 0.15) is 0 Å². The quantitative estimate of drug-likeness (QED) is 0.550. The second-order valence-corrected chi connectivity index (χ2v) is 3.98. The van der Waals surface area contributed by atoms with Crippen molar-refractivity contribution in [3.8, 4) is 0 Å². The third-order valence-electron chi connectivity index (χ3n) is 2.83. The van der Waals surface area contributed by atoms with Crippen LogP contribution in [0.4, 0.5) is 0 Å². The zero-order valence-corrected chi connectivity index (χ0v) is 10.1. The Balaban J connectivity index is 2.71. The molecule has 0 amide bonds. The Labute approximate surface area is 98.0 Å². The fourth-order valence-corrected chi connectivity index (χ4v) is 1.92. The number of hydrazine groups is 1. The van der Waals surface area contributed by atoms with Crippen molar-refractivity contribution in [2.75, 3.05) is 7.11 Å². The molecule has 2 unspecified atom stereocenters. The van der Waals surface area contributed by atoms with Gasteiger partial charge in [0.2, 0.25) is 0 Å². The summed E-state index contributed by atoms with van der Waals surface area (Å²) in [6, 6.07) is 10.4. The van der Waals surface area contributed by atoms with Crippen LogP contribution in [0.25, 0.3) is 0 Å². The molecule has 0 aliphatic rings. The van der Waals surface area contributed by atoms with E-state index in [0.29, 0.717) is 0 Å². The maximum Gasteiger partial charge on any atom is 0.0987 e. The first-order valence-electron chi connectivity index (χ1n) is 5.87. The van der Waals surface area contributed by atoms with Crippen LogP contribution in [0.1, 0.15) is 37.9 Å². The highest BCUT2D eigenvalue weighted by Crippen LogP contribution is 2.23. The number of rotatable bonds is 7. The van der Waals surface area contributed by atoms with E-state index in [9.17, 15) is 0 Å². The molecule has 3 heteroatoms. The average Bonchev–Trinajstić information content (AvgIpc) is 2.35. The van der Waals surface area contributed by atoms with Crippen molar-refractivity contribution in [3.63, 3.8) is 0 Å². The lowest BCUT2D eigenvalue weighted by Gasteiger charge is -2.25. The van der Waals surface area contributed by atoms with Gasteiger partial charge in [0, 0.05) is 7.11 Å². The van der Waals surface area contributed by atoms with Crippen LogP contribution in [0.5, 0.6) is 0 Å². The van der Waals surface area contributed by atoms with E-state index in [0.717, 1.165) is 12.8 Å². The zero-order valence-electron chi connectivity index (χ0n) is 10.1. The van der Waals surface area contributed by atoms with E-state index in [2.05, 4.69) is 24.5 Å². The summed E-state index contributed by atoms with van der Waals surface area (Å²) < 4.78 is 5.54. The average molecular weight is 222 g/mol. The number of methoxy groups -OCH3 is 1. The van der Waals surface area contributed by atoms with Crippen LogP contribution in [0.15, 0.2) is 30.3 Å². The smallest absolute Gasteiger partial charge is 0.0987 e. The second-order valence-electron chi connectivity index (χ2n) is 3.98. The molecule has 0 aliphatic heterocycles. The Bertz CT molecular complexity index is 277. The summed E-state index contributed by atoms with van der Waals surface area (Å²) in [6.45, 7) is 2.18. The molecule has 1 aromatic rings. The van der Waals surface area contributed by atoms with E-state index in [1.54, 1.807) is 7.11 Å². The SMILES string of the molecule is CCCCC(NN)C(OC)c1ccccc1. The lowest BCUT2D eigenvalue weighted by molar-refractivity contribution is 0.0641. The van der Waals surface area contributed by atoms with Gasteiger partial charge in [-0.15, -0.1) is 0 Å². The van der Waals surface area contributed by atoms with Crippen LogP contribution in [0.2, 0.25) is 0 Å². The number of ether oxygens (including phenoxy) is 1. The van der Waals surface area contributed by atoms with Crippen LogP contribution < -0.4 is 11.3 Å². The van der Waals surface area contributed by atoms with E-state index in [1.165, 1.54) is 12.0 Å². The van der Waals surface area contributed by atoms with Crippen molar-refractivity contribution >= 4 is 0 Å². The molecule has 0 saturated carbocycles. The number of hydrogen-bond acceptors (Lipinski definition) is 3. The summed E-state index contributed by atoms with van der Waals surface area (Å²) in [4.78, 5) is 0. The molecular formula is C13H22N2O. The number of nitrogens with two attached hydrogens (primary N) is 1. The Kier molecular flexibility index (Phi) is 6.08. The molecule has 0 heterocycles. The normalized spacial score (nSPS) is 14.7. The lowest BCUT2D eigenvalue weighted by Crippen LogP contribution is -2.40. The van der Waals surface area contributed by atoms with Gasteiger partial charge in [-0.1, -0.05) is 50.1 Å². The van der Waals surface area contributed by atoms with Gasteiger partial charge in [-0.25, -0.2) is 0 Å². The highest BCUT2D eigenvalue weighted by atomic mass is 16.5. The molecule has 1 aromatic carbocycles. The fraction of sp³-hybridized carbons (Fsp3) is 0.538. The van der Waals surface area contributed by atoms with Crippen molar-refractivity contribution in [2.45, 2.75) is 38.3 Å². The van der Waals surface area contributed by atoms with Gasteiger partial charge in [-0.05, 0) is 12.0 Å². The Morgan fingerprint density at radius 3 is 2.50 bits per heavy atom. The minimum atomic E-state index is 0.0257. The first-order chi connectivity index (χ1) is 7.83. The number of hydrogen-bond donors (Lipinski definition) is 2. The van der Waals surface area contributed by atoms with Crippen LogP contribution in [-0.4, -0.2) is 13.2 Å². The maximum absolute atomic E-state index is 5.60. The molecule has 16 heavy (non-hydrogen) atoms. The molecule has 0 aliphatic carbocycles.